The second-order valence-electron chi connectivity index (χ2n) is 6.09. The quantitative estimate of drug-likeness (QED) is 0.595. The Hall–Kier alpha value is -2.40. The molecule has 0 spiro atoms. The van der Waals surface area contributed by atoms with E-state index in [2.05, 4.69) is 68.6 Å². The maximum absolute atomic E-state index is 4.58. The summed E-state index contributed by atoms with van der Waals surface area (Å²) < 4.78 is 1.07. The highest BCUT2D eigenvalue weighted by atomic mass is 79.9. The van der Waals surface area contributed by atoms with Crippen LogP contribution < -0.4 is 10.6 Å². The Labute approximate surface area is 156 Å². The van der Waals surface area contributed by atoms with E-state index < -0.39 is 0 Å². The molecule has 0 aliphatic rings. The predicted molar refractivity (Wildman–Crippen MR) is 107 cm³/mol. The summed E-state index contributed by atoms with van der Waals surface area (Å²) in [6.07, 6.45) is 0. The van der Waals surface area contributed by atoms with Crippen LogP contribution in [0.5, 0.6) is 0 Å². The van der Waals surface area contributed by atoms with Crippen LogP contribution in [-0.4, -0.2) is 9.97 Å². The lowest BCUT2D eigenvalue weighted by atomic mass is 10.1. The number of hydrogen-bond acceptors (Lipinski definition) is 4. The third-order valence-corrected chi connectivity index (χ3v) is 4.85. The van der Waals surface area contributed by atoms with Gasteiger partial charge in [0.2, 0.25) is 5.95 Å². The number of halogens is 1. The van der Waals surface area contributed by atoms with Crippen molar-refractivity contribution in [2.75, 3.05) is 10.6 Å². The van der Waals surface area contributed by atoms with Gasteiger partial charge >= 0.3 is 0 Å². The second kappa shape index (κ2) is 7.66. The van der Waals surface area contributed by atoms with E-state index in [1.165, 1.54) is 16.7 Å². The number of aryl methyl sites for hydroxylation is 3. The van der Waals surface area contributed by atoms with Crippen molar-refractivity contribution in [2.24, 2.45) is 0 Å². The van der Waals surface area contributed by atoms with E-state index in [0.29, 0.717) is 12.5 Å². The highest BCUT2D eigenvalue weighted by molar-refractivity contribution is 9.10. The lowest BCUT2D eigenvalue weighted by molar-refractivity contribution is 1.02. The minimum atomic E-state index is 0.622. The second-order valence-corrected chi connectivity index (χ2v) is 6.94. The van der Waals surface area contributed by atoms with Gasteiger partial charge < -0.3 is 10.6 Å². The van der Waals surface area contributed by atoms with Crippen molar-refractivity contribution in [2.45, 2.75) is 27.3 Å². The van der Waals surface area contributed by atoms with E-state index in [9.17, 15) is 0 Å². The summed E-state index contributed by atoms with van der Waals surface area (Å²) in [7, 11) is 0. The Bertz CT molecular complexity index is 893. The largest absolute Gasteiger partial charge is 0.350 e. The van der Waals surface area contributed by atoms with Gasteiger partial charge in [-0.1, -0.05) is 46.3 Å². The number of nitrogens with one attached hydrogen (secondary N) is 2. The third kappa shape index (κ3) is 4.57. The van der Waals surface area contributed by atoms with Gasteiger partial charge in [-0.15, -0.1) is 0 Å². The number of aromatic nitrogens is 2. The Morgan fingerprint density at radius 1 is 0.920 bits per heavy atom. The topological polar surface area (TPSA) is 49.8 Å². The lowest BCUT2D eigenvalue weighted by Crippen LogP contribution is -2.07. The van der Waals surface area contributed by atoms with Crippen molar-refractivity contribution in [1.82, 2.24) is 9.97 Å². The van der Waals surface area contributed by atoms with Gasteiger partial charge in [0.1, 0.15) is 5.82 Å². The van der Waals surface area contributed by atoms with Gasteiger partial charge in [0, 0.05) is 28.5 Å². The summed E-state index contributed by atoms with van der Waals surface area (Å²) in [6.45, 7) is 6.84. The molecule has 3 rings (SSSR count). The standard InChI is InChI=1S/C20H21BrN4/c1-13-6-4-5-7-16(13)12-22-20-23-15(3)10-19(25-20)24-17-9-8-14(2)18(21)11-17/h4-11H,12H2,1-3H3,(H2,22,23,24,25). The van der Waals surface area contributed by atoms with Crippen molar-refractivity contribution < 1.29 is 0 Å². The van der Waals surface area contributed by atoms with E-state index in [1.54, 1.807) is 0 Å². The number of anilines is 3. The molecule has 128 valence electrons. The molecule has 0 unspecified atom stereocenters. The normalized spacial score (nSPS) is 10.6. The van der Waals surface area contributed by atoms with Crippen LogP contribution >= 0.6 is 15.9 Å². The van der Waals surface area contributed by atoms with E-state index >= 15 is 0 Å². The number of rotatable bonds is 5. The predicted octanol–water partition coefficient (Wildman–Crippen LogP) is 5.52. The lowest BCUT2D eigenvalue weighted by Gasteiger charge is -2.11. The first-order valence-corrected chi connectivity index (χ1v) is 8.98. The Morgan fingerprint density at radius 3 is 2.48 bits per heavy atom. The number of nitrogens with zero attached hydrogens (tertiary/aromatic N) is 2. The van der Waals surface area contributed by atoms with Gasteiger partial charge in [0.25, 0.3) is 0 Å². The van der Waals surface area contributed by atoms with Gasteiger partial charge in [0.15, 0.2) is 0 Å². The van der Waals surface area contributed by atoms with E-state index in [4.69, 9.17) is 0 Å². The van der Waals surface area contributed by atoms with Crippen molar-refractivity contribution in [1.29, 1.82) is 0 Å². The minimum absolute atomic E-state index is 0.622. The molecule has 0 amide bonds. The smallest absolute Gasteiger partial charge is 0.225 e. The number of hydrogen-bond donors (Lipinski definition) is 2. The maximum Gasteiger partial charge on any atom is 0.225 e. The van der Waals surface area contributed by atoms with Crippen LogP contribution in [0.1, 0.15) is 22.4 Å². The summed E-state index contributed by atoms with van der Waals surface area (Å²) in [6, 6.07) is 16.4. The van der Waals surface area contributed by atoms with Crippen LogP contribution in [0.3, 0.4) is 0 Å². The Kier molecular flexibility index (Phi) is 5.34. The molecule has 0 saturated carbocycles. The molecular formula is C20H21BrN4. The molecule has 5 heteroatoms. The fourth-order valence-corrected chi connectivity index (χ4v) is 2.89. The molecule has 0 saturated heterocycles. The molecular weight excluding hydrogens is 376 g/mol. The first kappa shape index (κ1) is 17.4. The van der Waals surface area contributed by atoms with E-state index in [0.717, 1.165) is 21.7 Å². The van der Waals surface area contributed by atoms with Gasteiger partial charge in [0.05, 0.1) is 0 Å². The summed E-state index contributed by atoms with van der Waals surface area (Å²) in [4.78, 5) is 9.06. The van der Waals surface area contributed by atoms with Crippen LogP contribution in [0.4, 0.5) is 17.5 Å². The maximum atomic E-state index is 4.58. The first-order chi connectivity index (χ1) is 12.0. The minimum Gasteiger partial charge on any atom is -0.350 e. The Morgan fingerprint density at radius 2 is 1.72 bits per heavy atom. The van der Waals surface area contributed by atoms with E-state index in [1.807, 2.05) is 37.3 Å². The average Bonchev–Trinajstić information content (AvgIpc) is 2.57. The highest BCUT2D eigenvalue weighted by Crippen LogP contribution is 2.23. The van der Waals surface area contributed by atoms with Crippen LogP contribution in [0.15, 0.2) is 53.0 Å². The molecule has 2 aromatic carbocycles. The molecule has 0 fully saturated rings. The van der Waals surface area contributed by atoms with Crippen molar-refractivity contribution in [3.8, 4) is 0 Å². The first-order valence-electron chi connectivity index (χ1n) is 8.18. The Balaban J connectivity index is 1.76. The summed E-state index contributed by atoms with van der Waals surface area (Å²) in [5.41, 5.74) is 5.59. The van der Waals surface area contributed by atoms with Crippen LogP contribution in [0.2, 0.25) is 0 Å². The number of benzene rings is 2. The molecule has 4 nitrogen and oxygen atoms in total. The monoisotopic (exact) mass is 396 g/mol. The summed E-state index contributed by atoms with van der Waals surface area (Å²) in [5, 5.41) is 6.66. The van der Waals surface area contributed by atoms with Gasteiger partial charge in [-0.2, -0.15) is 4.98 Å². The van der Waals surface area contributed by atoms with Crippen molar-refractivity contribution in [3.05, 3.63) is 75.4 Å². The van der Waals surface area contributed by atoms with Crippen molar-refractivity contribution in [3.63, 3.8) is 0 Å². The van der Waals surface area contributed by atoms with Crippen LogP contribution in [-0.2, 0) is 6.54 Å². The van der Waals surface area contributed by atoms with Gasteiger partial charge in [-0.3, -0.25) is 0 Å². The highest BCUT2D eigenvalue weighted by Gasteiger charge is 2.05. The van der Waals surface area contributed by atoms with Gasteiger partial charge in [-0.25, -0.2) is 4.98 Å². The summed E-state index contributed by atoms with van der Waals surface area (Å²) in [5.74, 6) is 1.40. The summed E-state index contributed by atoms with van der Waals surface area (Å²) >= 11 is 3.56. The third-order valence-electron chi connectivity index (χ3n) is 4.00. The molecule has 2 N–H and O–H groups in total. The van der Waals surface area contributed by atoms with Gasteiger partial charge in [-0.05, 0) is 49.6 Å². The fourth-order valence-electron chi connectivity index (χ4n) is 2.51. The zero-order valence-corrected chi connectivity index (χ0v) is 16.2. The molecule has 0 aliphatic carbocycles. The molecule has 0 aliphatic heterocycles. The zero-order valence-electron chi connectivity index (χ0n) is 14.6. The fraction of sp³-hybridized carbons (Fsp3) is 0.200. The van der Waals surface area contributed by atoms with E-state index in [-0.39, 0.29) is 0 Å². The molecule has 0 atom stereocenters. The van der Waals surface area contributed by atoms with Crippen LogP contribution in [0, 0.1) is 20.8 Å². The van der Waals surface area contributed by atoms with Crippen molar-refractivity contribution >= 4 is 33.4 Å². The molecule has 3 aromatic rings. The molecule has 0 bridgehead atoms. The average molecular weight is 397 g/mol. The molecule has 25 heavy (non-hydrogen) atoms. The molecule has 1 aromatic heterocycles. The zero-order chi connectivity index (χ0) is 17.8. The molecule has 0 radical (unpaired) electrons. The molecule has 1 heterocycles. The SMILES string of the molecule is Cc1cc(Nc2ccc(C)c(Br)c2)nc(NCc2ccccc2C)n1. The van der Waals surface area contributed by atoms with Crippen LogP contribution in [0.25, 0.3) is 0 Å².